The van der Waals surface area contributed by atoms with E-state index in [1.807, 2.05) is 11.8 Å². The second-order valence-electron chi connectivity index (χ2n) is 4.65. The zero-order valence-electron chi connectivity index (χ0n) is 11.3. The molecule has 0 fully saturated rings. The molecule has 3 aromatic rings. The summed E-state index contributed by atoms with van der Waals surface area (Å²) in [5.41, 5.74) is 1.19. The van der Waals surface area contributed by atoms with Gasteiger partial charge in [0.1, 0.15) is 0 Å². The van der Waals surface area contributed by atoms with Gasteiger partial charge in [-0.15, -0.1) is 11.8 Å². The maximum Gasteiger partial charge on any atom is 0.0346 e. The fourth-order valence-electron chi connectivity index (χ4n) is 2.18. The molecule has 0 amide bonds. The fourth-order valence-corrected chi connectivity index (χ4v) is 2.97. The number of nitrogens with one attached hydrogen (secondary N) is 1. The maximum atomic E-state index is 3.49. The average molecular weight is 279 g/mol. The smallest absolute Gasteiger partial charge is 0.0346 e. The Balaban J connectivity index is 1.55. The Kier molecular flexibility index (Phi) is 4.24. The normalized spacial score (nSPS) is 10.6. The van der Waals surface area contributed by atoms with Gasteiger partial charge in [-0.2, -0.15) is 0 Å². The van der Waals surface area contributed by atoms with Crippen LogP contribution in [0.25, 0.3) is 10.8 Å². The van der Waals surface area contributed by atoms with Crippen molar-refractivity contribution in [3.05, 3.63) is 72.8 Å². The lowest BCUT2D eigenvalue weighted by Crippen LogP contribution is -2.03. The molecule has 0 bridgehead atoms. The monoisotopic (exact) mass is 279 g/mol. The molecule has 2 heteroatoms. The van der Waals surface area contributed by atoms with E-state index in [0.717, 1.165) is 12.3 Å². The molecule has 0 aliphatic heterocycles. The zero-order valence-corrected chi connectivity index (χ0v) is 12.1. The number of anilines is 1. The van der Waals surface area contributed by atoms with E-state index in [0.29, 0.717) is 0 Å². The molecular weight excluding hydrogens is 262 g/mol. The lowest BCUT2D eigenvalue weighted by molar-refractivity contribution is 1.23. The second kappa shape index (κ2) is 6.49. The van der Waals surface area contributed by atoms with E-state index in [9.17, 15) is 0 Å². The van der Waals surface area contributed by atoms with E-state index >= 15 is 0 Å². The van der Waals surface area contributed by atoms with Crippen molar-refractivity contribution in [1.29, 1.82) is 0 Å². The Morgan fingerprint density at radius 2 is 1.50 bits per heavy atom. The quantitative estimate of drug-likeness (QED) is 0.518. The van der Waals surface area contributed by atoms with Gasteiger partial charge in [-0.25, -0.2) is 0 Å². The van der Waals surface area contributed by atoms with Crippen LogP contribution in [0.5, 0.6) is 0 Å². The van der Waals surface area contributed by atoms with Crippen LogP contribution in [0.4, 0.5) is 5.69 Å². The fraction of sp³-hybridized carbons (Fsp3) is 0.111. The minimum absolute atomic E-state index is 0.970. The number of fused-ring (bicyclic) bond motifs is 1. The van der Waals surface area contributed by atoms with Gasteiger partial charge in [-0.1, -0.05) is 48.5 Å². The van der Waals surface area contributed by atoms with Crippen molar-refractivity contribution in [3.8, 4) is 0 Å². The standard InChI is InChI=1S/C18H17NS/c1-2-8-18(9-3-1)20-13-12-19-17-11-10-15-6-4-5-7-16(15)14-17/h1-11,14,19H,12-13H2. The Morgan fingerprint density at radius 1 is 0.750 bits per heavy atom. The molecule has 0 unspecified atom stereocenters. The Labute approximate surface area is 124 Å². The molecule has 20 heavy (non-hydrogen) atoms. The summed E-state index contributed by atoms with van der Waals surface area (Å²) in [4.78, 5) is 1.33. The van der Waals surface area contributed by atoms with Gasteiger partial charge in [0.15, 0.2) is 0 Å². The van der Waals surface area contributed by atoms with Gasteiger partial charge in [0, 0.05) is 22.9 Å². The van der Waals surface area contributed by atoms with Crippen molar-refractivity contribution in [2.75, 3.05) is 17.6 Å². The predicted octanol–water partition coefficient (Wildman–Crippen LogP) is 5.04. The molecule has 1 N–H and O–H groups in total. The number of thioether (sulfide) groups is 1. The Morgan fingerprint density at radius 3 is 2.35 bits per heavy atom. The SMILES string of the molecule is c1ccc(SCCNc2ccc3ccccc3c2)cc1. The van der Waals surface area contributed by atoms with Crippen molar-refractivity contribution in [3.63, 3.8) is 0 Å². The van der Waals surface area contributed by atoms with Gasteiger partial charge in [0.2, 0.25) is 0 Å². The van der Waals surface area contributed by atoms with Gasteiger partial charge in [-0.3, -0.25) is 0 Å². The van der Waals surface area contributed by atoms with Crippen molar-refractivity contribution in [2.45, 2.75) is 4.90 Å². The molecule has 0 spiro atoms. The lowest BCUT2D eigenvalue weighted by atomic mass is 10.1. The predicted molar refractivity (Wildman–Crippen MR) is 89.6 cm³/mol. The van der Waals surface area contributed by atoms with Crippen molar-refractivity contribution in [2.24, 2.45) is 0 Å². The first-order valence-electron chi connectivity index (χ1n) is 6.82. The lowest BCUT2D eigenvalue weighted by Gasteiger charge is -2.07. The summed E-state index contributed by atoms with van der Waals surface area (Å²) >= 11 is 1.88. The maximum absolute atomic E-state index is 3.49. The summed E-state index contributed by atoms with van der Waals surface area (Å²) in [6.07, 6.45) is 0. The van der Waals surface area contributed by atoms with Crippen LogP contribution in [0.1, 0.15) is 0 Å². The molecule has 0 atom stereocenters. The third kappa shape index (κ3) is 3.34. The van der Waals surface area contributed by atoms with Gasteiger partial charge >= 0.3 is 0 Å². The number of hydrogen-bond acceptors (Lipinski definition) is 2. The third-order valence-electron chi connectivity index (χ3n) is 3.19. The molecule has 0 aliphatic rings. The first kappa shape index (κ1) is 13.1. The number of rotatable bonds is 5. The van der Waals surface area contributed by atoms with Crippen molar-refractivity contribution in [1.82, 2.24) is 0 Å². The summed E-state index contributed by atoms with van der Waals surface area (Å²) in [5, 5.41) is 6.06. The first-order valence-corrected chi connectivity index (χ1v) is 7.81. The minimum atomic E-state index is 0.970. The van der Waals surface area contributed by atoms with E-state index in [2.05, 4.69) is 78.1 Å². The topological polar surface area (TPSA) is 12.0 Å². The van der Waals surface area contributed by atoms with Crippen LogP contribution >= 0.6 is 11.8 Å². The summed E-state index contributed by atoms with van der Waals surface area (Å²) < 4.78 is 0. The number of hydrogen-bond donors (Lipinski definition) is 1. The third-order valence-corrected chi connectivity index (χ3v) is 4.21. The van der Waals surface area contributed by atoms with Crippen LogP contribution in [0.15, 0.2) is 77.7 Å². The molecular formula is C18H17NS. The van der Waals surface area contributed by atoms with E-state index in [4.69, 9.17) is 0 Å². The first-order chi connectivity index (χ1) is 9.92. The summed E-state index contributed by atoms with van der Waals surface area (Å²) in [5.74, 6) is 1.07. The molecule has 0 aromatic heterocycles. The molecule has 0 saturated heterocycles. The van der Waals surface area contributed by atoms with Crippen LogP contribution < -0.4 is 5.32 Å². The molecule has 0 heterocycles. The largest absolute Gasteiger partial charge is 0.384 e. The summed E-state index contributed by atoms with van der Waals surface area (Å²) in [7, 11) is 0. The molecule has 0 aliphatic carbocycles. The Hall–Kier alpha value is -1.93. The Bertz CT molecular complexity index is 679. The summed E-state index contributed by atoms with van der Waals surface area (Å²) in [6, 6.07) is 25.5. The van der Waals surface area contributed by atoms with E-state index < -0.39 is 0 Å². The molecule has 0 radical (unpaired) electrons. The highest BCUT2D eigenvalue weighted by atomic mass is 32.2. The highest BCUT2D eigenvalue weighted by molar-refractivity contribution is 7.99. The molecule has 100 valence electrons. The van der Waals surface area contributed by atoms with Gasteiger partial charge < -0.3 is 5.32 Å². The highest BCUT2D eigenvalue weighted by Gasteiger charge is 1.96. The van der Waals surface area contributed by atoms with Crippen molar-refractivity contribution >= 4 is 28.2 Å². The van der Waals surface area contributed by atoms with Crippen LogP contribution in [-0.4, -0.2) is 12.3 Å². The van der Waals surface area contributed by atoms with E-state index in [-0.39, 0.29) is 0 Å². The highest BCUT2D eigenvalue weighted by Crippen LogP contribution is 2.20. The van der Waals surface area contributed by atoms with Crippen LogP contribution in [0.3, 0.4) is 0 Å². The molecule has 1 nitrogen and oxygen atoms in total. The van der Waals surface area contributed by atoms with Gasteiger partial charge in [0.25, 0.3) is 0 Å². The zero-order chi connectivity index (χ0) is 13.6. The van der Waals surface area contributed by atoms with Gasteiger partial charge in [-0.05, 0) is 35.0 Å². The van der Waals surface area contributed by atoms with Crippen molar-refractivity contribution < 1.29 is 0 Å². The van der Waals surface area contributed by atoms with E-state index in [1.165, 1.54) is 21.4 Å². The van der Waals surface area contributed by atoms with Crippen LogP contribution in [0.2, 0.25) is 0 Å². The number of benzene rings is 3. The van der Waals surface area contributed by atoms with Crippen LogP contribution in [0, 0.1) is 0 Å². The average Bonchev–Trinajstić information content (AvgIpc) is 2.52. The van der Waals surface area contributed by atoms with Gasteiger partial charge in [0.05, 0.1) is 0 Å². The molecule has 3 rings (SSSR count). The molecule has 0 saturated carbocycles. The second-order valence-corrected chi connectivity index (χ2v) is 5.82. The molecule has 3 aromatic carbocycles. The minimum Gasteiger partial charge on any atom is -0.384 e. The van der Waals surface area contributed by atoms with E-state index in [1.54, 1.807) is 0 Å². The van der Waals surface area contributed by atoms with Crippen LogP contribution in [-0.2, 0) is 0 Å². The summed E-state index contributed by atoms with van der Waals surface area (Å²) in [6.45, 7) is 0.970.